The van der Waals surface area contributed by atoms with E-state index in [-0.39, 0.29) is 11.7 Å². The molecule has 0 spiro atoms. The van der Waals surface area contributed by atoms with Crippen molar-refractivity contribution in [1.29, 1.82) is 0 Å². The summed E-state index contributed by atoms with van der Waals surface area (Å²) in [5, 5.41) is 0. The van der Waals surface area contributed by atoms with Crippen molar-refractivity contribution < 1.29 is 14.3 Å². The standard InChI is InChI=1S/C24H27NO3/c1-5-7-18-8-15-23(28-16-6-2)21(17-18)13-14-22(26)19-9-11-20(12-10-19)24(27)25(3)4/h5,8-15,17H,1,6-7,16H2,2-4H3. The van der Waals surface area contributed by atoms with Crippen LogP contribution in [0.15, 0.2) is 61.2 Å². The summed E-state index contributed by atoms with van der Waals surface area (Å²) in [4.78, 5) is 26.0. The molecule has 0 atom stereocenters. The van der Waals surface area contributed by atoms with Crippen LogP contribution in [0.4, 0.5) is 0 Å². The Morgan fingerprint density at radius 3 is 2.36 bits per heavy atom. The first kappa shape index (κ1) is 21.2. The first-order chi connectivity index (χ1) is 13.5. The number of hydrogen-bond acceptors (Lipinski definition) is 3. The van der Waals surface area contributed by atoms with Gasteiger partial charge in [-0.05, 0) is 54.8 Å². The lowest BCUT2D eigenvalue weighted by atomic mass is 10.0. The van der Waals surface area contributed by atoms with E-state index >= 15 is 0 Å². The van der Waals surface area contributed by atoms with Gasteiger partial charge in [0.2, 0.25) is 0 Å². The minimum Gasteiger partial charge on any atom is -0.493 e. The minimum atomic E-state index is -0.126. The van der Waals surface area contributed by atoms with Gasteiger partial charge in [0, 0.05) is 30.8 Å². The van der Waals surface area contributed by atoms with Crippen LogP contribution < -0.4 is 4.74 Å². The van der Waals surface area contributed by atoms with E-state index in [1.54, 1.807) is 44.4 Å². The molecule has 0 aromatic heterocycles. The lowest BCUT2D eigenvalue weighted by Gasteiger charge is -2.10. The molecule has 0 aliphatic heterocycles. The zero-order valence-corrected chi connectivity index (χ0v) is 16.8. The van der Waals surface area contributed by atoms with Gasteiger partial charge in [0.05, 0.1) is 6.61 Å². The van der Waals surface area contributed by atoms with Crippen molar-refractivity contribution in [2.45, 2.75) is 19.8 Å². The quantitative estimate of drug-likeness (QED) is 0.358. The lowest BCUT2D eigenvalue weighted by Crippen LogP contribution is -2.21. The van der Waals surface area contributed by atoms with Crippen molar-refractivity contribution in [2.75, 3.05) is 20.7 Å². The van der Waals surface area contributed by atoms with Gasteiger partial charge in [-0.25, -0.2) is 0 Å². The van der Waals surface area contributed by atoms with Gasteiger partial charge in [0.25, 0.3) is 5.91 Å². The molecule has 2 rings (SSSR count). The third-order valence-electron chi connectivity index (χ3n) is 4.15. The molecule has 0 saturated carbocycles. The van der Waals surface area contributed by atoms with Crippen molar-refractivity contribution in [1.82, 2.24) is 4.90 Å². The number of ketones is 1. The van der Waals surface area contributed by atoms with E-state index in [1.807, 2.05) is 24.3 Å². The summed E-state index contributed by atoms with van der Waals surface area (Å²) in [6, 6.07) is 12.6. The minimum absolute atomic E-state index is 0.0914. The highest BCUT2D eigenvalue weighted by Gasteiger charge is 2.09. The number of hydrogen-bond donors (Lipinski definition) is 0. The molecule has 2 aromatic carbocycles. The molecule has 146 valence electrons. The fraction of sp³-hybridized carbons (Fsp3) is 0.250. The maximum atomic E-state index is 12.5. The lowest BCUT2D eigenvalue weighted by molar-refractivity contribution is 0.0827. The summed E-state index contributed by atoms with van der Waals surface area (Å²) in [6.45, 7) is 6.44. The van der Waals surface area contributed by atoms with E-state index in [9.17, 15) is 9.59 Å². The van der Waals surface area contributed by atoms with E-state index < -0.39 is 0 Å². The SMILES string of the molecule is C=CCc1ccc(OCCC)c(C=CC(=O)c2ccc(C(=O)N(C)C)cc2)c1. The smallest absolute Gasteiger partial charge is 0.253 e. The summed E-state index contributed by atoms with van der Waals surface area (Å²) in [6.07, 6.45) is 6.82. The molecule has 0 aliphatic carbocycles. The number of ether oxygens (including phenoxy) is 1. The van der Waals surface area contributed by atoms with Gasteiger partial charge in [-0.3, -0.25) is 9.59 Å². The summed E-state index contributed by atoms with van der Waals surface area (Å²) in [5.74, 6) is 0.538. The number of rotatable bonds is 9. The number of amides is 1. The molecule has 0 N–H and O–H groups in total. The Hall–Kier alpha value is -3.14. The van der Waals surface area contributed by atoms with Gasteiger partial charge in [-0.2, -0.15) is 0 Å². The van der Waals surface area contributed by atoms with Crippen LogP contribution >= 0.6 is 0 Å². The average Bonchev–Trinajstić information content (AvgIpc) is 2.71. The Morgan fingerprint density at radius 1 is 1.07 bits per heavy atom. The van der Waals surface area contributed by atoms with Crippen LogP contribution in [-0.4, -0.2) is 37.3 Å². The molecule has 1 amide bonds. The monoisotopic (exact) mass is 377 g/mol. The van der Waals surface area contributed by atoms with Crippen LogP contribution in [0.5, 0.6) is 5.75 Å². The third kappa shape index (κ3) is 5.68. The second-order valence-electron chi connectivity index (χ2n) is 6.69. The molecule has 0 unspecified atom stereocenters. The molecule has 28 heavy (non-hydrogen) atoms. The highest BCUT2D eigenvalue weighted by Crippen LogP contribution is 2.23. The number of allylic oxidation sites excluding steroid dienone is 2. The highest BCUT2D eigenvalue weighted by molar-refractivity contribution is 6.07. The van der Waals surface area contributed by atoms with Gasteiger partial charge in [-0.15, -0.1) is 6.58 Å². The van der Waals surface area contributed by atoms with Gasteiger partial charge in [0.15, 0.2) is 5.78 Å². The number of nitrogens with zero attached hydrogens (tertiary/aromatic N) is 1. The maximum Gasteiger partial charge on any atom is 0.253 e. The number of carbonyl (C=O) groups is 2. The maximum absolute atomic E-state index is 12.5. The molecular weight excluding hydrogens is 350 g/mol. The van der Waals surface area contributed by atoms with Crippen LogP contribution in [0, 0.1) is 0 Å². The van der Waals surface area contributed by atoms with Crippen LogP contribution in [0.1, 0.15) is 45.2 Å². The largest absolute Gasteiger partial charge is 0.493 e. The zero-order valence-electron chi connectivity index (χ0n) is 16.8. The Kier molecular flexibility index (Phi) is 7.76. The van der Waals surface area contributed by atoms with E-state index in [0.29, 0.717) is 17.7 Å². The number of benzene rings is 2. The molecular formula is C24H27NO3. The molecule has 0 bridgehead atoms. The van der Waals surface area contributed by atoms with Crippen molar-refractivity contribution in [3.05, 3.63) is 83.4 Å². The van der Waals surface area contributed by atoms with Crippen molar-refractivity contribution in [3.63, 3.8) is 0 Å². The molecule has 0 fully saturated rings. The Balaban J connectivity index is 2.21. The molecule has 2 aromatic rings. The van der Waals surface area contributed by atoms with E-state index in [1.165, 1.54) is 11.0 Å². The average molecular weight is 377 g/mol. The van der Waals surface area contributed by atoms with E-state index in [2.05, 4.69) is 13.5 Å². The van der Waals surface area contributed by atoms with Gasteiger partial charge >= 0.3 is 0 Å². The van der Waals surface area contributed by atoms with Crippen LogP contribution in [0.3, 0.4) is 0 Å². The summed E-state index contributed by atoms with van der Waals surface area (Å²) < 4.78 is 5.79. The Labute approximate surface area is 167 Å². The van der Waals surface area contributed by atoms with Gasteiger partial charge in [-0.1, -0.05) is 31.2 Å². The van der Waals surface area contributed by atoms with E-state index in [0.717, 1.165) is 29.7 Å². The Bertz CT molecular complexity index is 864. The molecule has 0 saturated heterocycles. The second-order valence-corrected chi connectivity index (χ2v) is 6.69. The fourth-order valence-electron chi connectivity index (χ4n) is 2.66. The van der Waals surface area contributed by atoms with Gasteiger partial charge in [0.1, 0.15) is 5.75 Å². The highest BCUT2D eigenvalue weighted by atomic mass is 16.5. The van der Waals surface area contributed by atoms with Crippen LogP contribution in [-0.2, 0) is 6.42 Å². The van der Waals surface area contributed by atoms with Gasteiger partial charge < -0.3 is 9.64 Å². The van der Waals surface area contributed by atoms with Crippen molar-refractivity contribution in [2.24, 2.45) is 0 Å². The van der Waals surface area contributed by atoms with Crippen molar-refractivity contribution >= 4 is 17.8 Å². The Morgan fingerprint density at radius 2 is 1.75 bits per heavy atom. The number of carbonyl (C=O) groups excluding carboxylic acids is 2. The molecule has 0 radical (unpaired) electrons. The first-order valence-corrected chi connectivity index (χ1v) is 9.37. The summed E-state index contributed by atoms with van der Waals surface area (Å²) in [7, 11) is 3.39. The normalized spacial score (nSPS) is 10.7. The van der Waals surface area contributed by atoms with Crippen molar-refractivity contribution in [3.8, 4) is 5.75 Å². The van der Waals surface area contributed by atoms with Crippen LogP contribution in [0.2, 0.25) is 0 Å². The predicted molar refractivity (Wildman–Crippen MR) is 114 cm³/mol. The molecule has 4 heteroatoms. The predicted octanol–water partition coefficient (Wildman–Crippen LogP) is 4.80. The molecule has 0 heterocycles. The van der Waals surface area contributed by atoms with E-state index in [4.69, 9.17) is 4.74 Å². The van der Waals surface area contributed by atoms with Crippen LogP contribution in [0.25, 0.3) is 6.08 Å². The zero-order chi connectivity index (χ0) is 20.5. The fourth-order valence-corrected chi connectivity index (χ4v) is 2.66. The third-order valence-corrected chi connectivity index (χ3v) is 4.15. The molecule has 0 aliphatic rings. The summed E-state index contributed by atoms with van der Waals surface area (Å²) in [5.41, 5.74) is 3.06. The first-order valence-electron chi connectivity index (χ1n) is 9.37. The second kappa shape index (κ2) is 10.3. The topological polar surface area (TPSA) is 46.6 Å². The molecule has 4 nitrogen and oxygen atoms in total. The summed E-state index contributed by atoms with van der Waals surface area (Å²) >= 11 is 0.